The Balaban J connectivity index is 3.50. The first-order valence-corrected chi connectivity index (χ1v) is 4.88. The second-order valence-electron chi connectivity index (χ2n) is 3.53. The van der Waals surface area contributed by atoms with E-state index in [-0.39, 0.29) is 6.10 Å². The van der Waals surface area contributed by atoms with Crippen molar-refractivity contribution in [2.45, 2.75) is 59.0 Å². The minimum atomic E-state index is -0.113. The van der Waals surface area contributed by atoms with Gasteiger partial charge in [-0.05, 0) is 19.3 Å². The summed E-state index contributed by atoms with van der Waals surface area (Å²) in [7, 11) is 0. The maximum Gasteiger partial charge on any atom is 0.0514 e. The molecule has 0 aromatic heterocycles. The molecule has 0 saturated heterocycles. The minimum Gasteiger partial charge on any atom is -0.393 e. The van der Waals surface area contributed by atoms with Gasteiger partial charge in [0, 0.05) is 0 Å². The van der Waals surface area contributed by atoms with Crippen molar-refractivity contribution in [3.63, 3.8) is 0 Å². The van der Waals surface area contributed by atoms with E-state index in [1.54, 1.807) is 0 Å². The summed E-state index contributed by atoms with van der Waals surface area (Å²) in [4.78, 5) is 0. The highest BCUT2D eigenvalue weighted by Crippen LogP contribution is 2.18. The van der Waals surface area contributed by atoms with Crippen LogP contribution in [0.1, 0.15) is 52.9 Å². The third kappa shape index (κ3) is 6.36. The lowest BCUT2D eigenvalue weighted by atomic mass is 9.93. The van der Waals surface area contributed by atoms with Crippen LogP contribution in [-0.4, -0.2) is 11.2 Å². The Hall–Kier alpha value is -0.0400. The Morgan fingerprint density at radius 3 is 1.82 bits per heavy atom. The van der Waals surface area contributed by atoms with Crippen molar-refractivity contribution in [3.05, 3.63) is 0 Å². The van der Waals surface area contributed by atoms with E-state index in [2.05, 4.69) is 13.8 Å². The summed E-state index contributed by atoms with van der Waals surface area (Å²) in [5.41, 5.74) is 0. The van der Waals surface area contributed by atoms with E-state index in [1.165, 1.54) is 25.7 Å². The molecule has 0 aromatic rings. The van der Waals surface area contributed by atoms with Crippen LogP contribution in [0.4, 0.5) is 0 Å². The summed E-state index contributed by atoms with van der Waals surface area (Å²) in [6, 6.07) is 0. The van der Waals surface area contributed by atoms with Crippen molar-refractivity contribution in [1.29, 1.82) is 0 Å². The molecule has 68 valence electrons. The minimum absolute atomic E-state index is 0.113. The molecular formula is C10H22O. The standard InChI is InChI=1S/C10H22O/c1-4-6-10(7-5-2)8-9(3)11/h9-11H,4-8H2,1-3H3/t9-/m0/s1. The molecule has 0 aliphatic rings. The van der Waals surface area contributed by atoms with E-state index in [1.807, 2.05) is 6.92 Å². The van der Waals surface area contributed by atoms with E-state index >= 15 is 0 Å². The smallest absolute Gasteiger partial charge is 0.0514 e. The molecule has 0 aliphatic carbocycles. The van der Waals surface area contributed by atoms with Gasteiger partial charge in [-0.3, -0.25) is 0 Å². The summed E-state index contributed by atoms with van der Waals surface area (Å²) in [5, 5.41) is 9.18. The van der Waals surface area contributed by atoms with Gasteiger partial charge < -0.3 is 5.11 Å². The highest BCUT2D eigenvalue weighted by Gasteiger charge is 2.08. The van der Waals surface area contributed by atoms with E-state index in [4.69, 9.17) is 0 Å². The highest BCUT2D eigenvalue weighted by molar-refractivity contribution is 4.61. The zero-order chi connectivity index (χ0) is 8.69. The summed E-state index contributed by atoms with van der Waals surface area (Å²) in [5.74, 6) is 0.755. The normalized spacial score (nSPS) is 13.9. The van der Waals surface area contributed by atoms with Gasteiger partial charge in [-0.15, -0.1) is 0 Å². The predicted molar refractivity (Wildman–Crippen MR) is 49.6 cm³/mol. The average molecular weight is 158 g/mol. The van der Waals surface area contributed by atoms with Crippen molar-refractivity contribution in [1.82, 2.24) is 0 Å². The van der Waals surface area contributed by atoms with Gasteiger partial charge in [-0.25, -0.2) is 0 Å². The molecule has 0 aromatic carbocycles. The van der Waals surface area contributed by atoms with E-state index in [0.29, 0.717) is 0 Å². The fourth-order valence-corrected chi connectivity index (χ4v) is 1.68. The van der Waals surface area contributed by atoms with E-state index < -0.39 is 0 Å². The first kappa shape index (κ1) is 11.0. The quantitative estimate of drug-likeness (QED) is 0.630. The van der Waals surface area contributed by atoms with Gasteiger partial charge in [0.25, 0.3) is 0 Å². The molecule has 0 heterocycles. The molecule has 11 heavy (non-hydrogen) atoms. The molecule has 0 unspecified atom stereocenters. The van der Waals surface area contributed by atoms with Crippen molar-refractivity contribution >= 4 is 0 Å². The molecule has 0 aliphatic heterocycles. The number of rotatable bonds is 6. The third-order valence-electron chi connectivity index (χ3n) is 2.07. The number of hydrogen-bond acceptors (Lipinski definition) is 1. The fourth-order valence-electron chi connectivity index (χ4n) is 1.68. The van der Waals surface area contributed by atoms with Gasteiger partial charge in [0.1, 0.15) is 0 Å². The van der Waals surface area contributed by atoms with Crippen LogP contribution in [0.15, 0.2) is 0 Å². The Kier molecular flexibility index (Phi) is 6.63. The predicted octanol–water partition coefficient (Wildman–Crippen LogP) is 2.97. The second kappa shape index (κ2) is 6.66. The average Bonchev–Trinajstić information content (AvgIpc) is 1.87. The SMILES string of the molecule is CCCC(CCC)C[C@H](C)O. The summed E-state index contributed by atoms with van der Waals surface area (Å²) >= 11 is 0. The zero-order valence-corrected chi connectivity index (χ0v) is 8.14. The van der Waals surface area contributed by atoms with Crippen LogP contribution in [-0.2, 0) is 0 Å². The first-order valence-electron chi connectivity index (χ1n) is 4.88. The molecule has 1 atom stereocenters. The number of aliphatic hydroxyl groups excluding tert-OH is 1. The number of hydrogen-bond donors (Lipinski definition) is 1. The van der Waals surface area contributed by atoms with Gasteiger partial charge in [-0.2, -0.15) is 0 Å². The summed E-state index contributed by atoms with van der Waals surface area (Å²) in [6.45, 7) is 6.31. The molecule has 0 fully saturated rings. The first-order chi connectivity index (χ1) is 5.20. The summed E-state index contributed by atoms with van der Waals surface area (Å²) in [6.07, 6.45) is 5.92. The second-order valence-corrected chi connectivity index (χ2v) is 3.53. The van der Waals surface area contributed by atoms with E-state index in [0.717, 1.165) is 12.3 Å². The molecule has 0 radical (unpaired) electrons. The van der Waals surface area contributed by atoms with Crippen LogP contribution in [0, 0.1) is 5.92 Å². The molecule has 0 saturated carbocycles. The Morgan fingerprint density at radius 1 is 1.09 bits per heavy atom. The van der Waals surface area contributed by atoms with Gasteiger partial charge in [0.05, 0.1) is 6.10 Å². The largest absolute Gasteiger partial charge is 0.393 e. The van der Waals surface area contributed by atoms with Gasteiger partial charge in [0.15, 0.2) is 0 Å². The maximum absolute atomic E-state index is 9.18. The van der Waals surface area contributed by atoms with Crippen LogP contribution in [0.2, 0.25) is 0 Å². The van der Waals surface area contributed by atoms with Crippen molar-refractivity contribution < 1.29 is 5.11 Å². The molecule has 0 rings (SSSR count). The Labute approximate surface area is 70.8 Å². The number of aliphatic hydroxyl groups is 1. The van der Waals surface area contributed by atoms with Crippen molar-refractivity contribution in [2.24, 2.45) is 5.92 Å². The van der Waals surface area contributed by atoms with Crippen LogP contribution >= 0.6 is 0 Å². The Bertz CT molecular complexity index is 72.9. The van der Waals surface area contributed by atoms with Gasteiger partial charge >= 0.3 is 0 Å². The Morgan fingerprint density at radius 2 is 1.55 bits per heavy atom. The molecule has 0 spiro atoms. The topological polar surface area (TPSA) is 20.2 Å². The molecule has 1 nitrogen and oxygen atoms in total. The molecular weight excluding hydrogens is 136 g/mol. The van der Waals surface area contributed by atoms with E-state index in [9.17, 15) is 5.11 Å². The maximum atomic E-state index is 9.18. The summed E-state index contributed by atoms with van der Waals surface area (Å²) < 4.78 is 0. The lowest BCUT2D eigenvalue weighted by Crippen LogP contribution is -2.09. The lowest BCUT2D eigenvalue weighted by Gasteiger charge is -2.16. The van der Waals surface area contributed by atoms with Crippen LogP contribution in [0.25, 0.3) is 0 Å². The monoisotopic (exact) mass is 158 g/mol. The zero-order valence-electron chi connectivity index (χ0n) is 8.14. The van der Waals surface area contributed by atoms with Gasteiger partial charge in [0.2, 0.25) is 0 Å². The van der Waals surface area contributed by atoms with Crippen molar-refractivity contribution in [2.75, 3.05) is 0 Å². The third-order valence-corrected chi connectivity index (χ3v) is 2.07. The molecule has 0 amide bonds. The van der Waals surface area contributed by atoms with Crippen LogP contribution in [0.5, 0.6) is 0 Å². The van der Waals surface area contributed by atoms with Crippen LogP contribution < -0.4 is 0 Å². The molecule has 1 N–H and O–H groups in total. The van der Waals surface area contributed by atoms with Crippen LogP contribution in [0.3, 0.4) is 0 Å². The fraction of sp³-hybridized carbons (Fsp3) is 1.00. The van der Waals surface area contributed by atoms with Gasteiger partial charge in [-0.1, -0.05) is 39.5 Å². The lowest BCUT2D eigenvalue weighted by molar-refractivity contribution is 0.154. The highest BCUT2D eigenvalue weighted by atomic mass is 16.3. The molecule has 1 heteroatoms. The molecule has 0 bridgehead atoms. The van der Waals surface area contributed by atoms with Crippen molar-refractivity contribution in [3.8, 4) is 0 Å².